The molecule has 0 fully saturated rings. The third-order valence-electron chi connectivity index (χ3n) is 2.75. The molecule has 1 N–H and O–H groups in total. The molecule has 0 saturated heterocycles. The fraction of sp³-hybridized carbons (Fsp3) is 0.333. The first-order valence-corrected chi connectivity index (χ1v) is 8.05. The van der Waals surface area contributed by atoms with Gasteiger partial charge in [0.05, 0.1) is 6.04 Å². The Labute approximate surface area is 118 Å². The zero-order chi connectivity index (χ0) is 13.0. The summed E-state index contributed by atoms with van der Waals surface area (Å²) in [4.78, 5) is 4.10. The first-order chi connectivity index (χ1) is 8.70. The number of hydrogen-bond donors (Lipinski definition) is 1. The Bertz CT molecular complexity index is 505. The number of rotatable bonds is 5. The first kappa shape index (κ1) is 13.5. The van der Waals surface area contributed by atoms with Crippen molar-refractivity contribution in [3.05, 3.63) is 46.2 Å². The standard InChI is InChI=1S/C15H19NS2/c1-4-17-15-8-6-5-7-13(15)16-12(3)14-10-9-11(2)18-14/h5-10,12,16H,4H2,1-3H3. The number of aryl methyl sites for hydroxylation is 1. The van der Waals surface area contributed by atoms with Crippen LogP contribution in [0, 0.1) is 6.92 Å². The smallest absolute Gasteiger partial charge is 0.0578 e. The number of hydrogen-bond acceptors (Lipinski definition) is 3. The highest BCUT2D eigenvalue weighted by Crippen LogP contribution is 2.31. The molecule has 0 aliphatic heterocycles. The molecule has 18 heavy (non-hydrogen) atoms. The van der Waals surface area contributed by atoms with Crippen LogP contribution in [0.25, 0.3) is 0 Å². The van der Waals surface area contributed by atoms with Gasteiger partial charge in [0, 0.05) is 20.3 Å². The monoisotopic (exact) mass is 277 g/mol. The summed E-state index contributed by atoms with van der Waals surface area (Å²) in [5.41, 5.74) is 1.24. The van der Waals surface area contributed by atoms with E-state index in [1.165, 1.54) is 20.3 Å². The second-order valence-electron chi connectivity index (χ2n) is 4.24. The van der Waals surface area contributed by atoms with Crippen molar-refractivity contribution in [3.8, 4) is 0 Å². The molecule has 96 valence electrons. The number of anilines is 1. The van der Waals surface area contributed by atoms with Crippen LogP contribution in [0.2, 0.25) is 0 Å². The lowest BCUT2D eigenvalue weighted by atomic mass is 10.2. The Morgan fingerprint density at radius 3 is 2.67 bits per heavy atom. The lowest BCUT2D eigenvalue weighted by Gasteiger charge is -2.16. The second kappa shape index (κ2) is 6.30. The van der Waals surface area contributed by atoms with Gasteiger partial charge < -0.3 is 5.32 Å². The molecule has 1 nitrogen and oxygen atoms in total. The summed E-state index contributed by atoms with van der Waals surface area (Å²) in [5.74, 6) is 1.10. The van der Waals surface area contributed by atoms with Crippen molar-refractivity contribution in [1.29, 1.82) is 0 Å². The van der Waals surface area contributed by atoms with Gasteiger partial charge in [-0.05, 0) is 43.9 Å². The van der Waals surface area contributed by atoms with E-state index in [1.807, 2.05) is 23.1 Å². The van der Waals surface area contributed by atoms with Gasteiger partial charge in [0.2, 0.25) is 0 Å². The Morgan fingerprint density at radius 2 is 2.00 bits per heavy atom. The van der Waals surface area contributed by atoms with Gasteiger partial charge in [-0.3, -0.25) is 0 Å². The Morgan fingerprint density at radius 1 is 1.22 bits per heavy atom. The summed E-state index contributed by atoms with van der Waals surface area (Å²) in [6, 6.07) is 13.3. The van der Waals surface area contributed by atoms with Gasteiger partial charge in [0.25, 0.3) is 0 Å². The minimum atomic E-state index is 0.363. The molecule has 0 saturated carbocycles. The summed E-state index contributed by atoms with van der Waals surface area (Å²) in [7, 11) is 0. The van der Waals surface area contributed by atoms with E-state index in [-0.39, 0.29) is 0 Å². The summed E-state index contributed by atoms with van der Waals surface area (Å²) >= 11 is 3.75. The Kier molecular flexibility index (Phi) is 4.72. The summed E-state index contributed by atoms with van der Waals surface area (Å²) in [5, 5.41) is 3.61. The van der Waals surface area contributed by atoms with Crippen LogP contribution < -0.4 is 5.32 Å². The van der Waals surface area contributed by atoms with Gasteiger partial charge in [-0.15, -0.1) is 23.1 Å². The van der Waals surface area contributed by atoms with E-state index in [9.17, 15) is 0 Å². The lowest BCUT2D eigenvalue weighted by Crippen LogP contribution is -2.05. The molecular weight excluding hydrogens is 258 g/mol. The molecule has 0 aliphatic rings. The van der Waals surface area contributed by atoms with E-state index >= 15 is 0 Å². The maximum Gasteiger partial charge on any atom is 0.0578 e. The average molecular weight is 277 g/mol. The Hall–Kier alpha value is -0.930. The maximum absolute atomic E-state index is 3.61. The van der Waals surface area contributed by atoms with Gasteiger partial charge >= 0.3 is 0 Å². The summed E-state index contributed by atoms with van der Waals surface area (Å²) < 4.78 is 0. The third kappa shape index (κ3) is 3.30. The quantitative estimate of drug-likeness (QED) is 0.740. The third-order valence-corrected chi connectivity index (χ3v) is 4.89. The van der Waals surface area contributed by atoms with Crippen LogP contribution >= 0.6 is 23.1 Å². The van der Waals surface area contributed by atoms with Crippen LogP contribution in [0.15, 0.2) is 41.3 Å². The maximum atomic E-state index is 3.61. The average Bonchev–Trinajstić information content (AvgIpc) is 2.79. The van der Waals surface area contributed by atoms with Crippen molar-refractivity contribution in [2.45, 2.75) is 31.7 Å². The largest absolute Gasteiger partial charge is 0.377 e. The van der Waals surface area contributed by atoms with Crippen LogP contribution in [0.3, 0.4) is 0 Å². The molecule has 0 aliphatic carbocycles. The van der Waals surface area contributed by atoms with Crippen molar-refractivity contribution in [1.82, 2.24) is 0 Å². The topological polar surface area (TPSA) is 12.0 Å². The van der Waals surface area contributed by atoms with Crippen LogP contribution in [-0.2, 0) is 0 Å². The molecule has 2 rings (SSSR count). The molecule has 1 atom stereocenters. The van der Waals surface area contributed by atoms with E-state index in [0.717, 1.165) is 5.75 Å². The van der Waals surface area contributed by atoms with Crippen molar-refractivity contribution in [3.63, 3.8) is 0 Å². The first-order valence-electron chi connectivity index (χ1n) is 6.25. The van der Waals surface area contributed by atoms with E-state index in [0.29, 0.717) is 6.04 Å². The number of benzene rings is 1. The molecule has 1 unspecified atom stereocenters. The van der Waals surface area contributed by atoms with E-state index in [2.05, 4.69) is 62.5 Å². The molecular formula is C15H19NS2. The molecule has 1 heterocycles. The van der Waals surface area contributed by atoms with Crippen LogP contribution in [0.5, 0.6) is 0 Å². The van der Waals surface area contributed by atoms with Gasteiger partial charge in [0.15, 0.2) is 0 Å². The van der Waals surface area contributed by atoms with Crippen molar-refractivity contribution in [2.24, 2.45) is 0 Å². The van der Waals surface area contributed by atoms with Gasteiger partial charge in [0.1, 0.15) is 0 Å². The van der Waals surface area contributed by atoms with Crippen molar-refractivity contribution < 1.29 is 0 Å². The van der Waals surface area contributed by atoms with Crippen molar-refractivity contribution in [2.75, 3.05) is 11.1 Å². The van der Waals surface area contributed by atoms with Crippen LogP contribution in [0.1, 0.15) is 29.6 Å². The lowest BCUT2D eigenvalue weighted by molar-refractivity contribution is 0.902. The number of thioether (sulfide) groups is 1. The number of para-hydroxylation sites is 1. The fourth-order valence-electron chi connectivity index (χ4n) is 1.86. The molecule has 0 amide bonds. The van der Waals surface area contributed by atoms with Gasteiger partial charge in [-0.1, -0.05) is 19.1 Å². The predicted octanol–water partition coefficient (Wildman–Crippen LogP) is 5.34. The normalized spacial score (nSPS) is 12.4. The zero-order valence-corrected chi connectivity index (χ0v) is 12.7. The minimum absolute atomic E-state index is 0.363. The molecule has 0 radical (unpaired) electrons. The molecule has 3 heteroatoms. The van der Waals surface area contributed by atoms with Crippen molar-refractivity contribution >= 4 is 28.8 Å². The van der Waals surface area contributed by atoms with Gasteiger partial charge in [-0.2, -0.15) is 0 Å². The molecule has 0 bridgehead atoms. The number of nitrogens with one attached hydrogen (secondary N) is 1. The molecule has 1 aromatic carbocycles. The number of thiophene rings is 1. The molecule has 2 aromatic rings. The summed E-state index contributed by atoms with van der Waals surface area (Å²) in [6.45, 7) is 6.56. The minimum Gasteiger partial charge on any atom is -0.377 e. The molecule has 0 spiro atoms. The SMILES string of the molecule is CCSc1ccccc1NC(C)c1ccc(C)s1. The van der Waals surface area contributed by atoms with E-state index in [4.69, 9.17) is 0 Å². The second-order valence-corrected chi connectivity index (χ2v) is 6.87. The van der Waals surface area contributed by atoms with Crippen LogP contribution in [-0.4, -0.2) is 5.75 Å². The van der Waals surface area contributed by atoms with Crippen LogP contribution in [0.4, 0.5) is 5.69 Å². The highest BCUT2D eigenvalue weighted by atomic mass is 32.2. The fourth-order valence-corrected chi connectivity index (χ4v) is 3.51. The van der Waals surface area contributed by atoms with E-state index in [1.54, 1.807) is 0 Å². The highest BCUT2D eigenvalue weighted by Gasteiger charge is 2.09. The van der Waals surface area contributed by atoms with E-state index < -0.39 is 0 Å². The predicted molar refractivity (Wildman–Crippen MR) is 83.9 cm³/mol. The molecule has 1 aromatic heterocycles. The zero-order valence-electron chi connectivity index (χ0n) is 11.1. The highest BCUT2D eigenvalue weighted by molar-refractivity contribution is 7.99. The summed E-state index contributed by atoms with van der Waals surface area (Å²) in [6.07, 6.45) is 0. The van der Waals surface area contributed by atoms with Gasteiger partial charge in [-0.25, -0.2) is 0 Å². The Balaban J connectivity index is 2.13.